The molecule has 5 nitrogen and oxygen atoms in total. The highest BCUT2D eigenvalue weighted by Crippen LogP contribution is 2.28. The van der Waals surface area contributed by atoms with Gasteiger partial charge in [0.15, 0.2) is 0 Å². The number of para-hydroxylation sites is 1. The van der Waals surface area contributed by atoms with Crippen LogP contribution in [-0.4, -0.2) is 16.9 Å². The molecule has 0 radical (unpaired) electrons. The van der Waals surface area contributed by atoms with Crippen LogP contribution in [-0.2, 0) is 6.54 Å². The van der Waals surface area contributed by atoms with Crippen molar-refractivity contribution < 1.29 is 4.74 Å². The number of nitriles is 1. The molecule has 0 unspecified atom stereocenters. The number of hydrogen-bond acceptors (Lipinski definition) is 4. The molecule has 5 heteroatoms. The van der Waals surface area contributed by atoms with Crippen LogP contribution in [0.25, 0.3) is 0 Å². The summed E-state index contributed by atoms with van der Waals surface area (Å²) in [6.07, 6.45) is 1.95. The van der Waals surface area contributed by atoms with Crippen molar-refractivity contribution in [2.24, 2.45) is 0 Å². The Kier molecular flexibility index (Phi) is 4.26. The van der Waals surface area contributed by atoms with Crippen molar-refractivity contribution in [2.45, 2.75) is 26.4 Å². The number of nitrogens with zero attached hydrogens (tertiary/aromatic N) is 3. The minimum absolute atomic E-state index is 0.338. The Bertz CT molecular complexity index is 625. The lowest BCUT2D eigenvalue weighted by Gasteiger charge is -2.11. The standard InChI is InChI=1S/C15H18N4O/c1-11(2)19-8-7-13(18-19)10-17-15-12(9-16)5-4-6-14(15)20-3/h4-8,11,17H,10H2,1-3H3. The Morgan fingerprint density at radius 1 is 1.40 bits per heavy atom. The molecular formula is C15H18N4O. The lowest BCUT2D eigenvalue weighted by Crippen LogP contribution is -2.06. The van der Waals surface area contributed by atoms with E-state index in [2.05, 4.69) is 30.3 Å². The number of aromatic nitrogens is 2. The summed E-state index contributed by atoms with van der Waals surface area (Å²) >= 11 is 0. The molecular weight excluding hydrogens is 252 g/mol. The van der Waals surface area contributed by atoms with E-state index in [0.717, 1.165) is 5.69 Å². The molecule has 20 heavy (non-hydrogen) atoms. The zero-order valence-electron chi connectivity index (χ0n) is 11.9. The molecule has 1 N–H and O–H groups in total. The maximum Gasteiger partial charge on any atom is 0.143 e. The van der Waals surface area contributed by atoms with Crippen molar-refractivity contribution in [3.8, 4) is 11.8 Å². The smallest absolute Gasteiger partial charge is 0.143 e. The number of ether oxygens (including phenoxy) is 1. The monoisotopic (exact) mass is 270 g/mol. The molecule has 104 valence electrons. The third-order valence-electron chi connectivity index (χ3n) is 3.01. The van der Waals surface area contributed by atoms with Gasteiger partial charge in [0.1, 0.15) is 11.8 Å². The van der Waals surface area contributed by atoms with Crippen molar-refractivity contribution in [3.05, 3.63) is 41.7 Å². The Morgan fingerprint density at radius 2 is 2.20 bits per heavy atom. The first-order valence-corrected chi connectivity index (χ1v) is 6.50. The predicted octanol–water partition coefficient (Wildman–Crippen LogP) is 2.96. The van der Waals surface area contributed by atoms with Crippen LogP contribution in [0.15, 0.2) is 30.5 Å². The summed E-state index contributed by atoms with van der Waals surface area (Å²) in [4.78, 5) is 0. The van der Waals surface area contributed by atoms with Gasteiger partial charge in [-0.2, -0.15) is 10.4 Å². The molecule has 1 aromatic heterocycles. The van der Waals surface area contributed by atoms with Crippen molar-refractivity contribution in [1.82, 2.24) is 9.78 Å². The summed E-state index contributed by atoms with van der Waals surface area (Å²) < 4.78 is 7.19. The fraction of sp³-hybridized carbons (Fsp3) is 0.333. The van der Waals surface area contributed by atoms with E-state index in [4.69, 9.17) is 10.00 Å². The van der Waals surface area contributed by atoms with Gasteiger partial charge in [-0.1, -0.05) is 6.07 Å². The van der Waals surface area contributed by atoms with E-state index in [9.17, 15) is 0 Å². The van der Waals surface area contributed by atoms with E-state index in [1.54, 1.807) is 19.2 Å². The van der Waals surface area contributed by atoms with Crippen LogP contribution in [0.3, 0.4) is 0 Å². The summed E-state index contributed by atoms with van der Waals surface area (Å²) in [6.45, 7) is 4.71. The van der Waals surface area contributed by atoms with Crippen LogP contribution in [0.2, 0.25) is 0 Å². The molecule has 0 bridgehead atoms. The fourth-order valence-electron chi connectivity index (χ4n) is 1.91. The van der Waals surface area contributed by atoms with E-state index in [1.165, 1.54) is 0 Å². The molecule has 0 aliphatic rings. The average molecular weight is 270 g/mol. The van der Waals surface area contributed by atoms with Crippen molar-refractivity contribution in [2.75, 3.05) is 12.4 Å². The van der Waals surface area contributed by atoms with Crippen LogP contribution in [0.4, 0.5) is 5.69 Å². The first kappa shape index (κ1) is 13.9. The normalized spacial score (nSPS) is 10.3. The number of rotatable bonds is 5. The fourth-order valence-corrected chi connectivity index (χ4v) is 1.91. The molecule has 0 saturated carbocycles. The van der Waals surface area contributed by atoms with Gasteiger partial charge in [-0.25, -0.2) is 0 Å². The second-order valence-electron chi connectivity index (χ2n) is 4.73. The third-order valence-corrected chi connectivity index (χ3v) is 3.01. The van der Waals surface area contributed by atoms with Crippen LogP contribution >= 0.6 is 0 Å². The van der Waals surface area contributed by atoms with Gasteiger partial charge in [-0.15, -0.1) is 0 Å². The number of benzene rings is 1. The second kappa shape index (κ2) is 6.11. The zero-order chi connectivity index (χ0) is 14.5. The molecule has 0 saturated heterocycles. The number of hydrogen-bond donors (Lipinski definition) is 1. The van der Waals surface area contributed by atoms with E-state index >= 15 is 0 Å². The van der Waals surface area contributed by atoms with Crippen molar-refractivity contribution in [1.29, 1.82) is 5.26 Å². The molecule has 1 heterocycles. The SMILES string of the molecule is COc1cccc(C#N)c1NCc1ccn(C(C)C)n1. The molecule has 0 spiro atoms. The van der Waals surface area contributed by atoms with E-state index in [1.807, 2.05) is 23.0 Å². The van der Waals surface area contributed by atoms with Gasteiger partial charge in [0.05, 0.1) is 30.6 Å². The molecule has 0 atom stereocenters. The summed E-state index contributed by atoms with van der Waals surface area (Å²) in [5, 5.41) is 16.8. The number of nitrogens with one attached hydrogen (secondary N) is 1. The van der Waals surface area contributed by atoms with Crippen LogP contribution in [0.5, 0.6) is 5.75 Å². The maximum absolute atomic E-state index is 9.15. The number of anilines is 1. The van der Waals surface area contributed by atoms with Gasteiger partial charge in [-0.05, 0) is 32.0 Å². The minimum Gasteiger partial charge on any atom is -0.495 e. The molecule has 0 amide bonds. The highest BCUT2D eigenvalue weighted by Gasteiger charge is 2.09. The third kappa shape index (κ3) is 2.91. The first-order chi connectivity index (χ1) is 9.65. The van der Waals surface area contributed by atoms with E-state index < -0.39 is 0 Å². The summed E-state index contributed by atoms with van der Waals surface area (Å²) in [6, 6.07) is 9.86. The van der Waals surface area contributed by atoms with Gasteiger partial charge in [0.25, 0.3) is 0 Å². The second-order valence-corrected chi connectivity index (χ2v) is 4.73. The lowest BCUT2D eigenvalue weighted by atomic mass is 10.1. The van der Waals surface area contributed by atoms with E-state index in [0.29, 0.717) is 29.6 Å². The van der Waals surface area contributed by atoms with Crippen molar-refractivity contribution >= 4 is 5.69 Å². The van der Waals surface area contributed by atoms with Crippen molar-refractivity contribution in [3.63, 3.8) is 0 Å². The highest BCUT2D eigenvalue weighted by atomic mass is 16.5. The largest absolute Gasteiger partial charge is 0.495 e. The van der Waals surface area contributed by atoms with Gasteiger partial charge in [-0.3, -0.25) is 4.68 Å². The molecule has 1 aromatic carbocycles. The van der Waals surface area contributed by atoms with Gasteiger partial charge < -0.3 is 10.1 Å². The van der Waals surface area contributed by atoms with Crippen LogP contribution < -0.4 is 10.1 Å². The summed E-state index contributed by atoms with van der Waals surface area (Å²) in [5.41, 5.74) is 2.19. The predicted molar refractivity (Wildman–Crippen MR) is 77.6 cm³/mol. The summed E-state index contributed by atoms with van der Waals surface area (Å²) in [5.74, 6) is 0.660. The molecule has 0 fully saturated rings. The average Bonchev–Trinajstić information content (AvgIpc) is 2.93. The Labute approximate surface area is 118 Å². The van der Waals surface area contributed by atoms with Crippen LogP contribution in [0.1, 0.15) is 31.1 Å². The number of methoxy groups -OCH3 is 1. The Balaban J connectivity index is 2.16. The van der Waals surface area contributed by atoms with Gasteiger partial charge in [0.2, 0.25) is 0 Å². The highest BCUT2D eigenvalue weighted by molar-refractivity contribution is 5.66. The van der Waals surface area contributed by atoms with Gasteiger partial charge >= 0.3 is 0 Å². The molecule has 0 aliphatic heterocycles. The Hall–Kier alpha value is -2.48. The first-order valence-electron chi connectivity index (χ1n) is 6.50. The lowest BCUT2D eigenvalue weighted by molar-refractivity contribution is 0.416. The molecule has 2 aromatic rings. The molecule has 2 rings (SSSR count). The topological polar surface area (TPSA) is 62.9 Å². The maximum atomic E-state index is 9.15. The quantitative estimate of drug-likeness (QED) is 0.907. The minimum atomic E-state index is 0.338. The van der Waals surface area contributed by atoms with E-state index in [-0.39, 0.29) is 0 Å². The van der Waals surface area contributed by atoms with Crippen LogP contribution in [0, 0.1) is 11.3 Å². The zero-order valence-corrected chi connectivity index (χ0v) is 11.9. The Morgan fingerprint density at radius 3 is 2.80 bits per heavy atom. The van der Waals surface area contributed by atoms with Gasteiger partial charge in [0, 0.05) is 12.2 Å². The molecule has 0 aliphatic carbocycles. The summed E-state index contributed by atoms with van der Waals surface area (Å²) in [7, 11) is 1.59.